The zero-order chi connectivity index (χ0) is 18.4. The van der Waals surface area contributed by atoms with Gasteiger partial charge in [0.15, 0.2) is 9.84 Å². The fourth-order valence-corrected chi connectivity index (χ4v) is 7.30. The lowest BCUT2D eigenvalue weighted by Crippen LogP contribution is -2.50. The average Bonchev–Trinajstić information content (AvgIpc) is 3.07. The van der Waals surface area contributed by atoms with E-state index < -0.39 is 9.84 Å². The zero-order valence-corrected chi connectivity index (χ0v) is 17.2. The van der Waals surface area contributed by atoms with Gasteiger partial charge in [0.1, 0.15) is 17.0 Å². The van der Waals surface area contributed by atoms with Crippen molar-refractivity contribution in [3.8, 4) is 0 Å². The first-order valence-corrected chi connectivity index (χ1v) is 12.7. The molecule has 0 spiro atoms. The molecular weight excluding hydrogens is 380 g/mol. The average molecular weight is 407 g/mol. The van der Waals surface area contributed by atoms with Crippen LogP contribution in [0.4, 0.5) is 5.82 Å². The van der Waals surface area contributed by atoms with E-state index in [9.17, 15) is 8.42 Å². The standard InChI is InChI=1S/C19H26N4O2S2/c24-27(25)11-9-22(10-12-27)14-5-7-23(8-6-14)18-17-15-3-1-2-4-16(15)26-19(17)21-13-20-18/h13-14H,1-12H2. The van der Waals surface area contributed by atoms with Crippen molar-refractivity contribution in [1.29, 1.82) is 0 Å². The number of rotatable bonds is 2. The second-order valence-corrected chi connectivity index (χ2v) is 11.4. The first kappa shape index (κ1) is 17.8. The summed E-state index contributed by atoms with van der Waals surface area (Å²) < 4.78 is 23.4. The van der Waals surface area contributed by atoms with Gasteiger partial charge in [-0.25, -0.2) is 18.4 Å². The molecule has 3 aliphatic rings. The van der Waals surface area contributed by atoms with Gasteiger partial charge in [-0.3, -0.25) is 4.90 Å². The Morgan fingerprint density at radius 1 is 1.00 bits per heavy atom. The first-order valence-electron chi connectivity index (χ1n) is 10.1. The van der Waals surface area contributed by atoms with E-state index in [0.717, 1.165) is 43.0 Å². The van der Waals surface area contributed by atoms with Crippen molar-refractivity contribution in [2.45, 2.75) is 44.6 Å². The molecule has 0 bridgehead atoms. The number of thiophene rings is 1. The highest BCUT2D eigenvalue weighted by Gasteiger charge is 2.31. The number of aryl methyl sites for hydroxylation is 2. The van der Waals surface area contributed by atoms with Gasteiger partial charge >= 0.3 is 0 Å². The van der Waals surface area contributed by atoms with Crippen LogP contribution in [0.25, 0.3) is 10.2 Å². The summed E-state index contributed by atoms with van der Waals surface area (Å²) in [7, 11) is -2.80. The molecule has 27 heavy (non-hydrogen) atoms. The minimum atomic E-state index is -2.80. The first-order chi connectivity index (χ1) is 13.1. The minimum absolute atomic E-state index is 0.320. The molecule has 0 unspecified atom stereocenters. The highest BCUT2D eigenvalue weighted by Crippen LogP contribution is 2.39. The van der Waals surface area contributed by atoms with Crippen LogP contribution in [0.5, 0.6) is 0 Å². The van der Waals surface area contributed by atoms with E-state index in [1.165, 1.54) is 35.1 Å². The molecule has 2 aliphatic heterocycles. The molecule has 1 aliphatic carbocycles. The van der Waals surface area contributed by atoms with Gasteiger partial charge < -0.3 is 4.90 Å². The summed E-state index contributed by atoms with van der Waals surface area (Å²) in [5.41, 5.74) is 1.50. The van der Waals surface area contributed by atoms with Crippen molar-refractivity contribution in [2.24, 2.45) is 0 Å². The van der Waals surface area contributed by atoms with E-state index in [0.29, 0.717) is 30.6 Å². The molecule has 8 heteroatoms. The highest BCUT2D eigenvalue weighted by atomic mass is 32.2. The third-order valence-corrected chi connectivity index (χ3v) is 9.20. The van der Waals surface area contributed by atoms with Crippen LogP contribution in [-0.2, 0) is 22.7 Å². The van der Waals surface area contributed by atoms with E-state index in [-0.39, 0.29) is 0 Å². The van der Waals surface area contributed by atoms with Crippen molar-refractivity contribution in [3.63, 3.8) is 0 Å². The van der Waals surface area contributed by atoms with E-state index in [4.69, 9.17) is 4.98 Å². The Bertz CT molecular complexity index is 934. The quantitative estimate of drug-likeness (QED) is 0.762. The Morgan fingerprint density at radius 2 is 1.74 bits per heavy atom. The topological polar surface area (TPSA) is 66.4 Å². The molecule has 2 fully saturated rings. The lowest BCUT2D eigenvalue weighted by Gasteiger charge is -2.40. The van der Waals surface area contributed by atoms with Crippen LogP contribution >= 0.6 is 11.3 Å². The number of hydrogen-bond donors (Lipinski definition) is 0. The van der Waals surface area contributed by atoms with Crippen LogP contribution in [0, 0.1) is 0 Å². The maximum atomic E-state index is 11.7. The van der Waals surface area contributed by atoms with Gasteiger partial charge in [0.05, 0.1) is 16.9 Å². The van der Waals surface area contributed by atoms with E-state index in [2.05, 4.69) is 14.8 Å². The lowest BCUT2D eigenvalue weighted by molar-refractivity contribution is 0.182. The van der Waals surface area contributed by atoms with Gasteiger partial charge in [0.2, 0.25) is 0 Å². The molecule has 2 aromatic rings. The molecule has 0 saturated carbocycles. The second-order valence-electron chi connectivity index (χ2n) is 7.99. The van der Waals surface area contributed by atoms with E-state index >= 15 is 0 Å². The molecule has 0 amide bonds. The molecule has 2 aromatic heterocycles. The van der Waals surface area contributed by atoms with Gasteiger partial charge in [-0.05, 0) is 44.1 Å². The Kier molecular flexibility index (Phi) is 4.60. The Balaban J connectivity index is 1.33. The van der Waals surface area contributed by atoms with Crippen molar-refractivity contribution >= 4 is 37.2 Å². The van der Waals surface area contributed by atoms with E-state index in [1.54, 1.807) is 6.33 Å². The Morgan fingerprint density at radius 3 is 2.52 bits per heavy atom. The highest BCUT2D eigenvalue weighted by molar-refractivity contribution is 7.91. The molecule has 0 N–H and O–H groups in total. The Labute approximate surface area is 164 Å². The summed E-state index contributed by atoms with van der Waals surface area (Å²) in [6.07, 6.45) is 8.80. The van der Waals surface area contributed by atoms with Crippen LogP contribution in [0.3, 0.4) is 0 Å². The van der Waals surface area contributed by atoms with Crippen molar-refractivity contribution in [3.05, 3.63) is 16.8 Å². The smallest absolute Gasteiger partial charge is 0.152 e. The molecule has 5 rings (SSSR count). The van der Waals surface area contributed by atoms with Gasteiger partial charge in [0.25, 0.3) is 0 Å². The number of sulfone groups is 1. The normalized spacial score (nSPS) is 24.2. The number of nitrogens with zero attached hydrogens (tertiary/aromatic N) is 4. The number of aromatic nitrogens is 2. The molecule has 0 atom stereocenters. The molecule has 6 nitrogen and oxygen atoms in total. The van der Waals surface area contributed by atoms with Crippen LogP contribution in [0.15, 0.2) is 6.33 Å². The number of piperidine rings is 1. The minimum Gasteiger partial charge on any atom is -0.356 e. The lowest BCUT2D eigenvalue weighted by atomic mass is 9.96. The fraction of sp³-hybridized carbons (Fsp3) is 0.684. The Hall–Kier alpha value is -1.25. The predicted octanol–water partition coefficient (Wildman–Crippen LogP) is 2.27. The third-order valence-electron chi connectivity index (χ3n) is 6.39. The maximum absolute atomic E-state index is 11.7. The SMILES string of the molecule is O=S1(=O)CCN(C2CCN(c3ncnc4sc5c(c34)CCCC5)CC2)CC1. The molecule has 146 valence electrons. The monoisotopic (exact) mass is 406 g/mol. The number of hydrogen-bond acceptors (Lipinski definition) is 7. The van der Waals surface area contributed by atoms with Crippen molar-refractivity contribution < 1.29 is 8.42 Å². The zero-order valence-electron chi connectivity index (χ0n) is 15.6. The predicted molar refractivity (Wildman–Crippen MR) is 110 cm³/mol. The summed E-state index contributed by atoms with van der Waals surface area (Å²) in [6, 6.07) is 0.505. The molecule has 2 saturated heterocycles. The summed E-state index contributed by atoms with van der Waals surface area (Å²) in [5, 5.41) is 1.31. The van der Waals surface area contributed by atoms with Gasteiger partial charge in [-0.15, -0.1) is 11.3 Å². The molecule has 0 aromatic carbocycles. The summed E-state index contributed by atoms with van der Waals surface area (Å²) >= 11 is 1.86. The van der Waals surface area contributed by atoms with Crippen LogP contribution < -0.4 is 4.90 Å². The summed E-state index contributed by atoms with van der Waals surface area (Å²) in [6.45, 7) is 3.38. The second kappa shape index (κ2) is 6.97. The molecule has 4 heterocycles. The van der Waals surface area contributed by atoms with Crippen molar-refractivity contribution in [2.75, 3.05) is 42.6 Å². The van der Waals surface area contributed by atoms with Gasteiger partial charge in [-0.1, -0.05) is 0 Å². The molecular formula is C19H26N4O2S2. The van der Waals surface area contributed by atoms with Crippen molar-refractivity contribution in [1.82, 2.24) is 14.9 Å². The largest absolute Gasteiger partial charge is 0.356 e. The van der Waals surface area contributed by atoms with Gasteiger partial charge in [0, 0.05) is 37.1 Å². The van der Waals surface area contributed by atoms with Crippen LogP contribution in [-0.4, -0.2) is 67.0 Å². The summed E-state index contributed by atoms with van der Waals surface area (Å²) in [5.74, 6) is 1.76. The fourth-order valence-electron chi connectivity index (χ4n) is 4.85. The maximum Gasteiger partial charge on any atom is 0.152 e. The molecule has 0 radical (unpaired) electrons. The third kappa shape index (κ3) is 3.36. The summed E-state index contributed by atoms with van der Waals surface area (Å²) in [4.78, 5) is 16.7. The van der Waals surface area contributed by atoms with Crippen LogP contribution in [0.2, 0.25) is 0 Å². The van der Waals surface area contributed by atoms with Gasteiger partial charge in [-0.2, -0.15) is 0 Å². The van der Waals surface area contributed by atoms with Crippen LogP contribution in [0.1, 0.15) is 36.1 Å². The number of fused-ring (bicyclic) bond motifs is 3. The van der Waals surface area contributed by atoms with E-state index in [1.807, 2.05) is 11.3 Å². The number of anilines is 1.